The Labute approximate surface area is 107 Å². The Hall–Kier alpha value is -1.81. The summed E-state index contributed by atoms with van der Waals surface area (Å²) >= 11 is 0. The first-order valence-electron chi connectivity index (χ1n) is 6.20. The van der Waals surface area contributed by atoms with Crippen LogP contribution in [-0.4, -0.2) is 23.2 Å². The highest BCUT2D eigenvalue weighted by atomic mass is 16.3. The number of hydrogen-bond acceptors (Lipinski definition) is 4. The molecule has 0 amide bonds. The van der Waals surface area contributed by atoms with Crippen molar-refractivity contribution < 1.29 is 5.11 Å². The first-order chi connectivity index (χ1) is 8.72. The van der Waals surface area contributed by atoms with Gasteiger partial charge in [-0.15, -0.1) is 0 Å². The number of benzene rings is 1. The minimum absolute atomic E-state index is 0.229. The lowest BCUT2D eigenvalue weighted by atomic mass is 10.1. The number of aliphatic hydroxyl groups is 1. The Morgan fingerprint density at radius 1 is 1.39 bits per heavy atom. The summed E-state index contributed by atoms with van der Waals surface area (Å²) in [6.07, 6.45) is 2.55. The van der Waals surface area contributed by atoms with Gasteiger partial charge in [0.15, 0.2) is 0 Å². The molecule has 0 saturated heterocycles. The van der Waals surface area contributed by atoms with Crippen LogP contribution in [-0.2, 0) is 0 Å². The van der Waals surface area contributed by atoms with Crippen LogP contribution in [0.3, 0.4) is 0 Å². The highest BCUT2D eigenvalue weighted by molar-refractivity contribution is 5.98. The molecule has 1 heterocycles. The molecule has 0 bridgehead atoms. The van der Waals surface area contributed by atoms with Gasteiger partial charge in [0.2, 0.25) is 0 Å². The predicted octanol–water partition coefficient (Wildman–Crippen LogP) is 2.25. The maximum atomic E-state index is 8.89. The molecule has 0 aliphatic heterocycles. The van der Waals surface area contributed by atoms with Crippen molar-refractivity contribution in [3.63, 3.8) is 0 Å². The molecule has 0 radical (unpaired) electrons. The zero-order chi connectivity index (χ0) is 13.0. The molecule has 1 aromatic carbocycles. The van der Waals surface area contributed by atoms with Crippen molar-refractivity contribution in [1.29, 1.82) is 0 Å². The molecule has 0 saturated carbocycles. The third-order valence-corrected chi connectivity index (χ3v) is 3.06. The highest BCUT2D eigenvalue weighted by Gasteiger charge is 2.06. The lowest BCUT2D eigenvalue weighted by Crippen LogP contribution is -2.12. The van der Waals surface area contributed by atoms with Crippen LogP contribution in [0.4, 0.5) is 11.4 Å². The van der Waals surface area contributed by atoms with Crippen LogP contribution in [0.25, 0.3) is 10.9 Å². The fourth-order valence-corrected chi connectivity index (χ4v) is 1.96. The summed E-state index contributed by atoms with van der Waals surface area (Å²) in [6, 6.07) is 7.77. The number of hydrogen-bond donors (Lipinski definition) is 3. The Bertz CT molecular complexity index is 527. The number of fused-ring (bicyclic) bond motifs is 1. The maximum absolute atomic E-state index is 8.89. The van der Waals surface area contributed by atoms with Crippen molar-refractivity contribution in [3.8, 4) is 0 Å². The van der Waals surface area contributed by atoms with E-state index in [0.29, 0.717) is 11.6 Å². The van der Waals surface area contributed by atoms with Crippen LogP contribution in [0, 0.1) is 5.92 Å². The molecule has 0 aliphatic rings. The lowest BCUT2D eigenvalue weighted by Gasteiger charge is -2.14. The number of nitrogens with two attached hydrogens (primary N) is 1. The van der Waals surface area contributed by atoms with Gasteiger partial charge in [0.05, 0.1) is 11.2 Å². The number of rotatable bonds is 5. The zero-order valence-electron chi connectivity index (χ0n) is 10.6. The van der Waals surface area contributed by atoms with E-state index in [1.165, 1.54) is 0 Å². The van der Waals surface area contributed by atoms with E-state index in [1.807, 2.05) is 24.3 Å². The standard InChI is InChI=1S/C14H19N3O/c1-10(6-8-18)9-17-13-5-4-12(15)14-11(13)3-2-7-16-14/h2-5,7,10,17-18H,6,8-9,15H2,1H3. The fraction of sp³-hybridized carbons (Fsp3) is 0.357. The number of nitrogen functional groups attached to an aromatic ring is 1. The van der Waals surface area contributed by atoms with E-state index in [-0.39, 0.29) is 6.61 Å². The van der Waals surface area contributed by atoms with Gasteiger partial charge in [0, 0.05) is 30.4 Å². The van der Waals surface area contributed by atoms with E-state index in [0.717, 1.165) is 29.6 Å². The summed E-state index contributed by atoms with van der Waals surface area (Å²) < 4.78 is 0. The number of anilines is 2. The molecule has 4 nitrogen and oxygen atoms in total. The van der Waals surface area contributed by atoms with Crippen LogP contribution >= 0.6 is 0 Å². The first kappa shape index (κ1) is 12.6. The molecular weight excluding hydrogens is 226 g/mol. The summed E-state index contributed by atoms with van der Waals surface area (Å²) in [4.78, 5) is 4.30. The van der Waals surface area contributed by atoms with Gasteiger partial charge in [-0.1, -0.05) is 6.92 Å². The number of aliphatic hydroxyl groups excluding tert-OH is 1. The summed E-state index contributed by atoms with van der Waals surface area (Å²) in [5, 5.41) is 13.3. The molecule has 4 heteroatoms. The van der Waals surface area contributed by atoms with Gasteiger partial charge in [0.1, 0.15) is 0 Å². The monoisotopic (exact) mass is 245 g/mol. The summed E-state index contributed by atoms with van der Waals surface area (Å²) in [7, 11) is 0. The number of pyridine rings is 1. The van der Waals surface area contributed by atoms with Crippen molar-refractivity contribution in [2.75, 3.05) is 24.2 Å². The SMILES string of the molecule is CC(CCO)CNc1ccc(N)c2ncccc12. The van der Waals surface area contributed by atoms with Gasteiger partial charge >= 0.3 is 0 Å². The summed E-state index contributed by atoms with van der Waals surface area (Å²) in [6.45, 7) is 3.17. The number of nitrogens with one attached hydrogen (secondary N) is 1. The predicted molar refractivity (Wildman–Crippen MR) is 75.5 cm³/mol. The molecule has 0 spiro atoms. The fourth-order valence-electron chi connectivity index (χ4n) is 1.96. The van der Waals surface area contributed by atoms with E-state index in [9.17, 15) is 0 Å². The van der Waals surface area contributed by atoms with Gasteiger partial charge in [-0.05, 0) is 36.6 Å². The summed E-state index contributed by atoms with van der Waals surface area (Å²) in [5.41, 5.74) is 8.47. The van der Waals surface area contributed by atoms with Crippen molar-refractivity contribution in [3.05, 3.63) is 30.5 Å². The molecule has 18 heavy (non-hydrogen) atoms. The minimum Gasteiger partial charge on any atom is -0.397 e. The van der Waals surface area contributed by atoms with Gasteiger partial charge in [-0.3, -0.25) is 4.98 Å². The number of aromatic nitrogens is 1. The average molecular weight is 245 g/mol. The van der Waals surface area contributed by atoms with Crippen LogP contribution < -0.4 is 11.1 Å². The maximum Gasteiger partial charge on any atom is 0.0951 e. The number of nitrogens with zero attached hydrogens (tertiary/aromatic N) is 1. The van der Waals surface area contributed by atoms with Crippen molar-refractivity contribution in [2.24, 2.45) is 5.92 Å². The molecule has 0 aliphatic carbocycles. The Morgan fingerprint density at radius 2 is 2.22 bits per heavy atom. The topological polar surface area (TPSA) is 71.2 Å². The molecule has 0 fully saturated rings. The smallest absolute Gasteiger partial charge is 0.0951 e. The quantitative estimate of drug-likeness (QED) is 0.706. The van der Waals surface area contributed by atoms with Crippen LogP contribution in [0.1, 0.15) is 13.3 Å². The third-order valence-electron chi connectivity index (χ3n) is 3.06. The molecule has 4 N–H and O–H groups in total. The molecule has 1 atom stereocenters. The highest BCUT2D eigenvalue weighted by Crippen LogP contribution is 2.26. The van der Waals surface area contributed by atoms with E-state index in [2.05, 4.69) is 17.2 Å². The second kappa shape index (κ2) is 5.69. The van der Waals surface area contributed by atoms with Crippen LogP contribution in [0.2, 0.25) is 0 Å². The van der Waals surface area contributed by atoms with E-state index >= 15 is 0 Å². The van der Waals surface area contributed by atoms with Gasteiger partial charge in [-0.25, -0.2) is 0 Å². The minimum atomic E-state index is 0.229. The largest absolute Gasteiger partial charge is 0.397 e. The summed E-state index contributed by atoms with van der Waals surface area (Å²) in [5.74, 6) is 0.430. The normalized spacial score (nSPS) is 12.6. The Balaban J connectivity index is 2.21. The molecule has 2 aromatic rings. The Morgan fingerprint density at radius 3 is 3.00 bits per heavy atom. The first-order valence-corrected chi connectivity index (χ1v) is 6.20. The molecule has 1 aromatic heterocycles. The van der Waals surface area contributed by atoms with Crippen molar-refractivity contribution in [2.45, 2.75) is 13.3 Å². The van der Waals surface area contributed by atoms with Gasteiger partial charge in [-0.2, -0.15) is 0 Å². The molecule has 2 rings (SSSR count). The van der Waals surface area contributed by atoms with Crippen LogP contribution in [0.5, 0.6) is 0 Å². The van der Waals surface area contributed by atoms with Crippen molar-refractivity contribution >= 4 is 22.3 Å². The Kier molecular flexibility index (Phi) is 3.99. The molecule has 1 unspecified atom stereocenters. The lowest BCUT2D eigenvalue weighted by molar-refractivity contribution is 0.266. The second-order valence-electron chi connectivity index (χ2n) is 4.60. The molecule has 96 valence electrons. The van der Waals surface area contributed by atoms with Crippen molar-refractivity contribution in [1.82, 2.24) is 4.98 Å². The van der Waals surface area contributed by atoms with E-state index in [4.69, 9.17) is 10.8 Å². The third kappa shape index (κ3) is 2.71. The zero-order valence-corrected chi connectivity index (χ0v) is 10.6. The van der Waals surface area contributed by atoms with Gasteiger partial charge in [0.25, 0.3) is 0 Å². The average Bonchev–Trinajstić information content (AvgIpc) is 2.39. The van der Waals surface area contributed by atoms with Gasteiger partial charge < -0.3 is 16.2 Å². The van der Waals surface area contributed by atoms with E-state index < -0.39 is 0 Å². The molecular formula is C14H19N3O. The van der Waals surface area contributed by atoms with Crippen LogP contribution in [0.15, 0.2) is 30.5 Å². The second-order valence-corrected chi connectivity index (χ2v) is 4.60. The van der Waals surface area contributed by atoms with E-state index in [1.54, 1.807) is 6.20 Å².